The summed E-state index contributed by atoms with van der Waals surface area (Å²) in [4.78, 5) is 13.6. The standard InChI is InChI=1S/C35H42Cl2N2O/c1-25-11-12-26-7-5-6-10-30(26)33(25)34(40)38-24-28(27-13-14-31(36)32(37)23-27)15-19-39-20-16-35(17-21-39,18-22-39)29-8-3-2-4-9-29/h5-7,10-14,23,28-29H,2-4,8-9,15-22,24H2,1H3/p+1. The quantitative estimate of drug-likeness (QED) is 0.266. The van der Waals surface area contributed by atoms with Gasteiger partial charge in [-0.3, -0.25) is 4.79 Å². The third-order valence-electron chi connectivity index (χ3n) is 11.0. The number of halogens is 2. The summed E-state index contributed by atoms with van der Waals surface area (Å²) in [6, 6.07) is 18.3. The van der Waals surface area contributed by atoms with Gasteiger partial charge >= 0.3 is 0 Å². The molecule has 3 aromatic rings. The number of carbonyl (C=O) groups is 1. The maximum absolute atomic E-state index is 13.6. The van der Waals surface area contributed by atoms with Crippen LogP contribution in [0.25, 0.3) is 10.8 Å². The fraction of sp³-hybridized carbons (Fsp3) is 0.514. The monoisotopic (exact) mass is 577 g/mol. The van der Waals surface area contributed by atoms with Crippen molar-refractivity contribution in [2.24, 2.45) is 11.3 Å². The molecule has 4 fully saturated rings. The molecule has 0 aromatic heterocycles. The van der Waals surface area contributed by atoms with Crippen LogP contribution < -0.4 is 5.32 Å². The van der Waals surface area contributed by atoms with Crippen LogP contribution in [0.5, 0.6) is 0 Å². The number of rotatable bonds is 8. The maximum atomic E-state index is 13.6. The topological polar surface area (TPSA) is 29.1 Å². The molecule has 3 saturated heterocycles. The molecule has 5 heteroatoms. The molecule has 3 aromatic carbocycles. The van der Waals surface area contributed by atoms with Gasteiger partial charge in [0.05, 0.1) is 41.8 Å². The second-order valence-electron chi connectivity index (χ2n) is 13.0. The van der Waals surface area contributed by atoms with E-state index in [4.69, 9.17) is 23.2 Å². The molecule has 3 nitrogen and oxygen atoms in total. The van der Waals surface area contributed by atoms with Crippen molar-refractivity contribution in [3.05, 3.63) is 81.3 Å². The lowest BCUT2D eigenvalue weighted by molar-refractivity contribution is -0.946. The zero-order valence-corrected chi connectivity index (χ0v) is 25.4. The Bertz CT molecular complexity index is 1350. The van der Waals surface area contributed by atoms with E-state index >= 15 is 0 Å². The van der Waals surface area contributed by atoms with Gasteiger partial charge in [0.2, 0.25) is 0 Å². The highest BCUT2D eigenvalue weighted by molar-refractivity contribution is 6.42. The molecule has 4 aliphatic rings. The highest BCUT2D eigenvalue weighted by atomic mass is 35.5. The van der Waals surface area contributed by atoms with Gasteiger partial charge < -0.3 is 9.80 Å². The van der Waals surface area contributed by atoms with Crippen LogP contribution in [-0.2, 0) is 0 Å². The molecule has 0 radical (unpaired) electrons. The van der Waals surface area contributed by atoms with E-state index in [-0.39, 0.29) is 11.8 Å². The first kappa shape index (κ1) is 28.1. The van der Waals surface area contributed by atoms with E-state index in [1.807, 2.05) is 43.3 Å². The van der Waals surface area contributed by atoms with Crippen LogP contribution in [0.2, 0.25) is 10.0 Å². The van der Waals surface area contributed by atoms with Crippen molar-refractivity contribution in [3.8, 4) is 0 Å². The van der Waals surface area contributed by atoms with E-state index in [9.17, 15) is 4.79 Å². The number of carbonyl (C=O) groups excluding carboxylic acids is 1. The predicted molar refractivity (Wildman–Crippen MR) is 167 cm³/mol. The van der Waals surface area contributed by atoms with Gasteiger partial charge in [0.1, 0.15) is 0 Å². The SMILES string of the molecule is Cc1ccc2ccccc2c1C(=O)NCC(CC[N+]12CCC(C3CCCCC3)(CC1)CC2)c1ccc(Cl)c(Cl)c1. The number of piperidine rings is 3. The van der Waals surface area contributed by atoms with E-state index in [0.717, 1.165) is 46.3 Å². The summed E-state index contributed by atoms with van der Waals surface area (Å²) in [5, 5.41) is 6.58. The zero-order valence-electron chi connectivity index (χ0n) is 23.9. The average Bonchev–Trinajstić information content (AvgIpc) is 3.00. The first-order valence-electron chi connectivity index (χ1n) is 15.4. The van der Waals surface area contributed by atoms with Gasteiger partial charge in [0, 0.05) is 38.1 Å². The lowest BCUT2D eigenvalue weighted by Crippen LogP contribution is -2.63. The number of aryl methyl sites for hydroxylation is 1. The largest absolute Gasteiger partial charge is 0.351 e. The molecule has 1 unspecified atom stereocenters. The number of nitrogens with one attached hydrogen (secondary N) is 1. The van der Waals surface area contributed by atoms with Crippen LogP contribution in [-0.4, -0.2) is 43.1 Å². The Hall–Kier alpha value is -2.07. The number of hydrogen-bond donors (Lipinski definition) is 1. The van der Waals surface area contributed by atoms with Crippen molar-refractivity contribution in [3.63, 3.8) is 0 Å². The number of hydrogen-bond acceptors (Lipinski definition) is 1. The van der Waals surface area contributed by atoms with E-state index in [2.05, 4.69) is 23.5 Å². The van der Waals surface area contributed by atoms with Crippen molar-refractivity contribution >= 4 is 39.9 Å². The van der Waals surface area contributed by atoms with Gasteiger partial charge in [-0.2, -0.15) is 0 Å². The van der Waals surface area contributed by atoms with Crippen molar-refractivity contribution in [2.45, 2.75) is 70.6 Å². The zero-order chi connectivity index (χ0) is 27.7. The highest BCUT2D eigenvalue weighted by Crippen LogP contribution is 2.53. The fourth-order valence-corrected chi connectivity index (χ4v) is 8.63. The summed E-state index contributed by atoms with van der Waals surface area (Å²) in [6.45, 7) is 7.75. The molecule has 2 bridgehead atoms. The van der Waals surface area contributed by atoms with Crippen LogP contribution in [0.15, 0.2) is 54.6 Å². The summed E-state index contributed by atoms with van der Waals surface area (Å²) >= 11 is 12.8. The van der Waals surface area contributed by atoms with Crippen LogP contribution in [0, 0.1) is 18.3 Å². The van der Waals surface area contributed by atoms with Crippen molar-refractivity contribution < 1.29 is 9.28 Å². The minimum atomic E-state index is -0.000359. The fourth-order valence-electron chi connectivity index (χ4n) is 8.32. The van der Waals surface area contributed by atoms with E-state index in [1.165, 1.54) is 75.5 Å². The summed E-state index contributed by atoms with van der Waals surface area (Å²) in [5.74, 6) is 1.16. The first-order valence-corrected chi connectivity index (χ1v) is 16.2. The summed E-state index contributed by atoms with van der Waals surface area (Å²) in [5.41, 5.74) is 3.57. The third kappa shape index (κ3) is 5.54. The lowest BCUT2D eigenvalue weighted by Gasteiger charge is -2.58. The molecule has 212 valence electrons. The average molecular weight is 579 g/mol. The van der Waals surface area contributed by atoms with Crippen molar-refractivity contribution in [1.82, 2.24) is 5.32 Å². The van der Waals surface area contributed by atoms with E-state index in [0.29, 0.717) is 22.0 Å². The Balaban J connectivity index is 1.17. The van der Waals surface area contributed by atoms with Crippen LogP contribution in [0.3, 0.4) is 0 Å². The van der Waals surface area contributed by atoms with Crippen LogP contribution in [0.1, 0.15) is 85.2 Å². The number of fused-ring (bicyclic) bond motifs is 4. The summed E-state index contributed by atoms with van der Waals surface area (Å²) < 4.78 is 1.25. The smallest absolute Gasteiger partial charge is 0.252 e. The molecule has 1 aliphatic carbocycles. The molecule has 1 saturated carbocycles. The van der Waals surface area contributed by atoms with Gasteiger partial charge in [-0.1, -0.05) is 84.9 Å². The molecule has 3 aliphatic heterocycles. The molecule has 1 amide bonds. The molecular weight excluding hydrogens is 535 g/mol. The predicted octanol–water partition coefficient (Wildman–Crippen LogP) is 8.94. The van der Waals surface area contributed by atoms with E-state index < -0.39 is 0 Å². The minimum absolute atomic E-state index is 0.000359. The Kier molecular flexibility index (Phi) is 8.19. The second kappa shape index (κ2) is 11.7. The van der Waals surface area contributed by atoms with Gasteiger partial charge in [-0.05, 0) is 65.1 Å². The third-order valence-corrected chi connectivity index (χ3v) is 11.7. The molecule has 40 heavy (non-hydrogen) atoms. The highest BCUT2D eigenvalue weighted by Gasteiger charge is 2.52. The van der Waals surface area contributed by atoms with Gasteiger partial charge in [-0.15, -0.1) is 0 Å². The number of benzene rings is 3. The Labute approximate surface area is 249 Å². The molecular formula is C35H43Cl2N2O+. The summed E-state index contributed by atoms with van der Waals surface area (Å²) in [6.07, 6.45) is 12.5. The van der Waals surface area contributed by atoms with Gasteiger partial charge in [-0.25, -0.2) is 0 Å². The molecule has 1 N–H and O–H groups in total. The molecule has 3 heterocycles. The minimum Gasteiger partial charge on any atom is -0.351 e. The molecule has 1 atom stereocenters. The Morgan fingerprint density at radius 2 is 1.68 bits per heavy atom. The van der Waals surface area contributed by atoms with Gasteiger partial charge in [0.15, 0.2) is 0 Å². The van der Waals surface area contributed by atoms with Gasteiger partial charge in [0.25, 0.3) is 5.91 Å². The first-order chi connectivity index (χ1) is 19.4. The second-order valence-corrected chi connectivity index (χ2v) is 13.8. The number of amides is 1. The summed E-state index contributed by atoms with van der Waals surface area (Å²) in [7, 11) is 0. The molecule has 0 spiro atoms. The van der Waals surface area contributed by atoms with Crippen LogP contribution >= 0.6 is 23.2 Å². The van der Waals surface area contributed by atoms with E-state index in [1.54, 1.807) is 0 Å². The Morgan fingerprint density at radius 1 is 0.950 bits per heavy atom. The van der Waals surface area contributed by atoms with Crippen LogP contribution in [0.4, 0.5) is 0 Å². The lowest BCUT2D eigenvalue weighted by atomic mass is 9.59. The normalized spacial score (nSPS) is 25.7. The Morgan fingerprint density at radius 3 is 2.40 bits per heavy atom. The number of quaternary nitrogens is 1. The van der Waals surface area contributed by atoms with Crippen molar-refractivity contribution in [2.75, 3.05) is 32.7 Å². The molecule has 7 rings (SSSR count). The maximum Gasteiger partial charge on any atom is 0.252 e. The number of nitrogens with zero attached hydrogens (tertiary/aromatic N) is 1. The van der Waals surface area contributed by atoms with Crippen molar-refractivity contribution in [1.29, 1.82) is 0 Å².